The van der Waals surface area contributed by atoms with E-state index < -0.39 is 5.82 Å². The lowest BCUT2D eigenvalue weighted by molar-refractivity contribution is 0.101. The van der Waals surface area contributed by atoms with Crippen LogP contribution >= 0.6 is 11.6 Å². The van der Waals surface area contributed by atoms with Crippen LogP contribution in [0.1, 0.15) is 53.6 Å². The van der Waals surface area contributed by atoms with Gasteiger partial charge in [-0.25, -0.2) is 9.37 Å². The number of nitrogens with one attached hydrogen (secondary N) is 2. The standard InChI is InChI=1S/C21H24ClFN4O2/c22-16-9-14(1-2-17(16)23)25-21(29)20-19(26-18-10-24-3-4-27(18)20)13-5-11-7-15(28)8-12(11)6-13/h1-2,9,11-13,15,24,28H,3-8,10H2,(H,25,29). The molecule has 6 nitrogen and oxygen atoms in total. The molecule has 3 aliphatic rings. The molecule has 1 aliphatic heterocycles. The molecule has 2 heterocycles. The number of aliphatic hydroxyl groups is 1. The summed E-state index contributed by atoms with van der Waals surface area (Å²) in [4.78, 5) is 18.1. The Morgan fingerprint density at radius 3 is 2.76 bits per heavy atom. The lowest BCUT2D eigenvalue weighted by Crippen LogP contribution is -2.31. The van der Waals surface area contributed by atoms with Crippen LogP contribution in [0.25, 0.3) is 0 Å². The fraction of sp³-hybridized carbons (Fsp3) is 0.524. The molecule has 1 aromatic carbocycles. The van der Waals surface area contributed by atoms with E-state index in [-0.39, 0.29) is 23.0 Å². The molecule has 2 aromatic rings. The van der Waals surface area contributed by atoms with Gasteiger partial charge in [0.25, 0.3) is 5.91 Å². The first-order chi connectivity index (χ1) is 14.0. The van der Waals surface area contributed by atoms with Gasteiger partial charge in [0.2, 0.25) is 0 Å². The highest BCUT2D eigenvalue weighted by Crippen LogP contribution is 2.51. The first kappa shape index (κ1) is 19.0. The van der Waals surface area contributed by atoms with Crippen LogP contribution in [0.4, 0.5) is 10.1 Å². The highest BCUT2D eigenvalue weighted by atomic mass is 35.5. The van der Waals surface area contributed by atoms with Gasteiger partial charge in [-0.15, -0.1) is 0 Å². The van der Waals surface area contributed by atoms with Crippen molar-refractivity contribution in [2.75, 3.05) is 11.9 Å². The van der Waals surface area contributed by atoms with E-state index in [0.29, 0.717) is 36.3 Å². The van der Waals surface area contributed by atoms with Crippen molar-refractivity contribution in [1.29, 1.82) is 0 Å². The number of halogens is 2. The molecule has 29 heavy (non-hydrogen) atoms. The average molecular weight is 419 g/mol. The monoisotopic (exact) mass is 418 g/mol. The number of carbonyl (C=O) groups is 1. The molecule has 3 N–H and O–H groups in total. The number of aliphatic hydroxyl groups excluding tert-OH is 1. The van der Waals surface area contributed by atoms with Crippen LogP contribution in [0, 0.1) is 17.7 Å². The number of fused-ring (bicyclic) bond motifs is 2. The molecule has 0 saturated heterocycles. The maximum absolute atomic E-state index is 13.5. The highest BCUT2D eigenvalue weighted by Gasteiger charge is 2.44. The summed E-state index contributed by atoms with van der Waals surface area (Å²) in [6.07, 6.45) is 3.46. The Hall–Kier alpha value is -1.96. The van der Waals surface area contributed by atoms with Gasteiger partial charge in [-0.05, 0) is 55.7 Å². The second kappa shape index (κ2) is 7.38. The van der Waals surface area contributed by atoms with Crippen LogP contribution in [0.2, 0.25) is 5.02 Å². The number of benzene rings is 1. The number of imidazole rings is 1. The lowest BCUT2D eigenvalue weighted by atomic mass is 9.97. The molecule has 8 heteroatoms. The second-order valence-corrected chi connectivity index (χ2v) is 8.89. The smallest absolute Gasteiger partial charge is 0.274 e. The van der Waals surface area contributed by atoms with Gasteiger partial charge < -0.3 is 20.3 Å². The average Bonchev–Trinajstić information content (AvgIpc) is 3.34. The summed E-state index contributed by atoms with van der Waals surface area (Å²) in [5, 5.41) is 16.1. The molecule has 2 atom stereocenters. The Kier molecular flexibility index (Phi) is 4.84. The normalized spacial score (nSPS) is 28.2. The number of aromatic nitrogens is 2. The number of carbonyl (C=O) groups excluding carboxylic acids is 1. The fourth-order valence-electron chi connectivity index (χ4n) is 5.38. The third kappa shape index (κ3) is 3.45. The number of hydrogen-bond donors (Lipinski definition) is 3. The zero-order valence-corrected chi connectivity index (χ0v) is 16.8. The van der Waals surface area contributed by atoms with Gasteiger partial charge in [0.05, 0.1) is 23.4 Å². The van der Waals surface area contributed by atoms with E-state index in [4.69, 9.17) is 16.6 Å². The molecule has 2 aliphatic carbocycles. The summed E-state index contributed by atoms with van der Waals surface area (Å²) >= 11 is 5.87. The molecule has 1 amide bonds. The molecule has 5 rings (SSSR count). The first-order valence-electron chi connectivity index (χ1n) is 10.2. The minimum Gasteiger partial charge on any atom is -0.393 e. The van der Waals surface area contributed by atoms with Crippen LogP contribution in [0.3, 0.4) is 0 Å². The highest BCUT2D eigenvalue weighted by molar-refractivity contribution is 6.31. The van der Waals surface area contributed by atoms with Crippen molar-refractivity contribution in [1.82, 2.24) is 14.9 Å². The molecule has 2 fully saturated rings. The third-order valence-corrected chi connectivity index (χ3v) is 6.93. The van der Waals surface area contributed by atoms with Gasteiger partial charge in [0, 0.05) is 24.7 Å². The van der Waals surface area contributed by atoms with E-state index in [1.54, 1.807) is 0 Å². The van der Waals surface area contributed by atoms with E-state index in [9.17, 15) is 14.3 Å². The Labute approximate surface area is 173 Å². The lowest BCUT2D eigenvalue weighted by Gasteiger charge is -2.18. The molecule has 2 saturated carbocycles. The van der Waals surface area contributed by atoms with Crippen LogP contribution in [0.5, 0.6) is 0 Å². The quantitative estimate of drug-likeness (QED) is 0.714. The van der Waals surface area contributed by atoms with E-state index >= 15 is 0 Å². The molecule has 0 radical (unpaired) electrons. The molecule has 0 spiro atoms. The number of hydrogen-bond acceptors (Lipinski definition) is 4. The molecular weight excluding hydrogens is 395 g/mol. The summed E-state index contributed by atoms with van der Waals surface area (Å²) in [5.74, 6) is 1.38. The Morgan fingerprint density at radius 1 is 1.28 bits per heavy atom. The van der Waals surface area contributed by atoms with E-state index in [1.807, 2.05) is 4.57 Å². The Bertz CT molecular complexity index is 948. The van der Waals surface area contributed by atoms with Crippen molar-refractivity contribution in [2.24, 2.45) is 11.8 Å². The first-order valence-corrected chi connectivity index (χ1v) is 10.6. The summed E-state index contributed by atoms with van der Waals surface area (Å²) in [6.45, 7) is 2.11. The van der Waals surface area contributed by atoms with Crippen molar-refractivity contribution in [3.8, 4) is 0 Å². The van der Waals surface area contributed by atoms with Gasteiger partial charge in [-0.1, -0.05) is 11.6 Å². The topological polar surface area (TPSA) is 79.2 Å². The van der Waals surface area contributed by atoms with Gasteiger partial charge >= 0.3 is 0 Å². The van der Waals surface area contributed by atoms with Crippen molar-refractivity contribution in [3.05, 3.63) is 46.3 Å². The van der Waals surface area contributed by atoms with E-state index in [1.165, 1.54) is 18.2 Å². The number of anilines is 1. The number of rotatable bonds is 3. The van der Waals surface area contributed by atoms with Crippen LogP contribution in [-0.2, 0) is 13.1 Å². The van der Waals surface area contributed by atoms with Crippen molar-refractivity contribution < 1.29 is 14.3 Å². The predicted octanol–water partition coefficient (Wildman–Crippen LogP) is 3.30. The Morgan fingerprint density at radius 2 is 2.03 bits per heavy atom. The molecular formula is C21H24ClFN4O2. The van der Waals surface area contributed by atoms with Crippen LogP contribution in [0.15, 0.2) is 18.2 Å². The summed E-state index contributed by atoms with van der Waals surface area (Å²) in [6, 6.07) is 4.18. The zero-order valence-electron chi connectivity index (χ0n) is 16.0. The van der Waals surface area contributed by atoms with E-state index in [0.717, 1.165) is 43.7 Å². The molecule has 154 valence electrons. The summed E-state index contributed by atoms with van der Waals surface area (Å²) in [7, 11) is 0. The van der Waals surface area contributed by atoms with Crippen LogP contribution < -0.4 is 10.6 Å². The zero-order chi connectivity index (χ0) is 20.1. The fourth-order valence-corrected chi connectivity index (χ4v) is 5.56. The van der Waals surface area contributed by atoms with Gasteiger partial charge in [0.1, 0.15) is 17.3 Å². The molecule has 1 aromatic heterocycles. The molecule has 0 bridgehead atoms. The second-order valence-electron chi connectivity index (χ2n) is 8.49. The van der Waals surface area contributed by atoms with Crippen molar-refractivity contribution in [2.45, 2.75) is 50.8 Å². The summed E-state index contributed by atoms with van der Waals surface area (Å²) < 4.78 is 15.5. The van der Waals surface area contributed by atoms with Gasteiger partial charge in [-0.3, -0.25) is 4.79 Å². The van der Waals surface area contributed by atoms with Gasteiger partial charge in [0.15, 0.2) is 0 Å². The Balaban J connectivity index is 1.46. The van der Waals surface area contributed by atoms with Gasteiger partial charge in [-0.2, -0.15) is 0 Å². The SMILES string of the molecule is O=C(Nc1ccc(F)c(Cl)c1)c1c(C2CC3CC(O)CC3C2)nc2n1CCNC2. The third-order valence-electron chi connectivity index (χ3n) is 6.64. The van der Waals surface area contributed by atoms with Crippen molar-refractivity contribution in [3.63, 3.8) is 0 Å². The van der Waals surface area contributed by atoms with Crippen LogP contribution in [-0.4, -0.2) is 33.2 Å². The predicted molar refractivity (Wildman–Crippen MR) is 107 cm³/mol. The van der Waals surface area contributed by atoms with Crippen molar-refractivity contribution >= 4 is 23.2 Å². The minimum absolute atomic E-state index is 0.0234. The largest absolute Gasteiger partial charge is 0.393 e. The summed E-state index contributed by atoms with van der Waals surface area (Å²) in [5.41, 5.74) is 1.93. The number of amides is 1. The molecule has 2 unspecified atom stereocenters. The maximum atomic E-state index is 13.5. The van der Waals surface area contributed by atoms with E-state index in [2.05, 4.69) is 10.6 Å². The maximum Gasteiger partial charge on any atom is 0.274 e. The number of nitrogens with zero attached hydrogens (tertiary/aromatic N) is 2. The minimum atomic E-state index is -0.516.